The fourth-order valence-corrected chi connectivity index (χ4v) is 1.83. The minimum Gasteiger partial charge on any atom is -0.465 e. The number of carbonyl (C=O) groups is 1. The van der Waals surface area contributed by atoms with Crippen LogP contribution in [0.5, 0.6) is 0 Å². The maximum absolute atomic E-state index is 11.9. The molecule has 0 aromatic carbocycles. The largest absolute Gasteiger partial charge is 0.465 e. The molecule has 2 N–H and O–H groups in total. The van der Waals surface area contributed by atoms with Crippen molar-refractivity contribution < 1.29 is 14.3 Å². The second kappa shape index (κ2) is 6.02. The molecular formula is C14H27NO3. The van der Waals surface area contributed by atoms with Gasteiger partial charge < -0.3 is 15.2 Å². The Kier molecular flexibility index (Phi) is 5.17. The molecule has 18 heavy (non-hydrogen) atoms. The lowest BCUT2D eigenvalue weighted by molar-refractivity contribution is -0.153. The lowest BCUT2D eigenvalue weighted by Crippen LogP contribution is -2.55. The Balaban J connectivity index is 2.41. The van der Waals surface area contributed by atoms with E-state index < -0.39 is 5.54 Å². The van der Waals surface area contributed by atoms with Crippen LogP contribution in [0, 0.1) is 11.3 Å². The third-order valence-electron chi connectivity index (χ3n) is 3.30. The van der Waals surface area contributed by atoms with Crippen molar-refractivity contribution in [2.75, 3.05) is 19.8 Å². The molecule has 106 valence electrons. The summed E-state index contributed by atoms with van der Waals surface area (Å²) < 4.78 is 10.7. The van der Waals surface area contributed by atoms with Crippen molar-refractivity contribution in [1.82, 2.24) is 0 Å². The van der Waals surface area contributed by atoms with Crippen LogP contribution >= 0.6 is 0 Å². The van der Waals surface area contributed by atoms with Crippen molar-refractivity contribution in [3.05, 3.63) is 0 Å². The quantitative estimate of drug-likeness (QED) is 0.560. The molecule has 1 fully saturated rings. The van der Waals surface area contributed by atoms with Gasteiger partial charge in [0, 0.05) is 6.61 Å². The van der Waals surface area contributed by atoms with Crippen LogP contribution in [0.25, 0.3) is 0 Å². The highest BCUT2D eigenvalue weighted by Crippen LogP contribution is 2.39. The topological polar surface area (TPSA) is 61.5 Å². The van der Waals surface area contributed by atoms with Crippen molar-refractivity contribution in [2.45, 2.75) is 52.5 Å². The third kappa shape index (κ3) is 4.58. The SMILES string of the molecule is CCOC(=O)C(N)(COCCC(C)(C)C)C1CC1. The Morgan fingerprint density at radius 2 is 1.94 bits per heavy atom. The molecular weight excluding hydrogens is 230 g/mol. The maximum atomic E-state index is 11.9. The van der Waals surface area contributed by atoms with Gasteiger partial charge in [-0.15, -0.1) is 0 Å². The average Bonchev–Trinajstić information content (AvgIpc) is 3.07. The Morgan fingerprint density at radius 1 is 1.33 bits per heavy atom. The molecule has 0 amide bonds. The van der Waals surface area contributed by atoms with E-state index in [9.17, 15) is 4.79 Å². The van der Waals surface area contributed by atoms with Crippen molar-refractivity contribution in [2.24, 2.45) is 17.1 Å². The summed E-state index contributed by atoms with van der Waals surface area (Å²) in [6.07, 6.45) is 2.95. The predicted octanol–water partition coefficient (Wildman–Crippen LogP) is 2.11. The molecule has 0 radical (unpaired) electrons. The predicted molar refractivity (Wildman–Crippen MR) is 71.2 cm³/mol. The highest BCUT2D eigenvalue weighted by atomic mass is 16.5. The number of hydrogen-bond donors (Lipinski definition) is 1. The fourth-order valence-electron chi connectivity index (χ4n) is 1.83. The number of esters is 1. The molecule has 0 aromatic heterocycles. The summed E-state index contributed by atoms with van der Waals surface area (Å²) in [7, 11) is 0. The van der Waals surface area contributed by atoms with Crippen LogP contribution in [0.15, 0.2) is 0 Å². The molecule has 1 atom stereocenters. The molecule has 1 aliphatic carbocycles. The Labute approximate surface area is 110 Å². The van der Waals surface area contributed by atoms with E-state index in [2.05, 4.69) is 20.8 Å². The zero-order chi connectivity index (χ0) is 13.8. The van der Waals surface area contributed by atoms with Crippen molar-refractivity contribution in [3.63, 3.8) is 0 Å². The molecule has 1 unspecified atom stereocenters. The summed E-state index contributed by atoms with van der Waals surface area (Å²) in [6, 6.07) is 0. The highest BCUT2D eigenvalue weighted by molar-refractivity contribution is 5.81. The van der Waals surface area contributed by atoms with E-state index in [0.717, 1.165) is 19.3 Å². The van der Waals surface area contributed by atoms with Crippen LogP contribution in [-0.4, -0.2) is 31.3 Å². The van der Waals surface area contributed by atoms with Gasteiger partial charge in [-0.25, -0.2) is 4.79 Å². The van der Waals surface area contributed by atoms with E-state index in [1.807, 2.05) is 0 Å². The van der Waals surface area contributed by atoms with E-state index in [-0.39, 0.29) is 23.9 Å². The Morgan fingerprint density at radius 3 is 2.39 bits per heavy atom. The van der Waals surface area contributed by atoms with E-state index in [0.29, 0.717) is 13.2 Å². The molecule has 0 heterocycles. The molecule has 0 spiro atoms. The number of rotatable bonds is 7. The number of ether oxygens (including phenoxy) is 2. The first-order valence-electron chi connectivity index (χ1n) is 6.83. The molecule has 0 saturated heterocycles. The van der Waals surface area contributed by atoms with Gasteiger partial charge in [-0.1, -0.05) is 20.8 Å². The van der Waals surface area contributed by atoms with Gasteiger partial charge in [-0.05, 0) is 37.5 Å². The van der Waals surface area contributed by atoms with Crippen molar-refractivity contribution in [1.29, 1.82) is 0 Å². The minimum atomic E-state index is -0.937. The van der Waals surface area contributed by atoms with Crippen LogP contribution in [0.2, 0.25) is 0 Å². The number of carbonyl (C=O) groups excluding carboxylic acids is 1. The van der Waals surface area contributed by atoms with Crippen molar-refractivity contribution in [3.8, 4) is 0 Å². The van der Waals surface area contributed by atoms with Gasteiger partial charge >= 0.3 is 5.97 Å². The minimum absolute atomic E-state index is 0.228. The standard InChI is InChI=1S/C14H27NO3/c1-5-18-12(16)14(15,11-6-7-11)10-17-9-8-13(2,3)4/h11H,5-10,15H2,1-4H3. The van der Waals surface area contributed by atoms with Crippen LogP contribution < -0.4 is 5.73 Å². The van der Waals surface area contributed by atoms with Gasteiger partial charge in [0.25, 0.3) is 0 Å². The summed E-state index contributed by atoms with van der Waals surface area (Å²) in [5.41, 5.74) is 5.48. The van der Waals surface area contributed by atoms with E-state index in [1.165, 1.54) is 0 Å². The first kappa shape index (κ1) is 15.4. The molecule has 1 saturated carbocycles. The molecule has 1 aliphatic rings. The summed E-state index contributed by atoms with van der Waals surface area (Å²) in [5, 5.41) is 0. The van der Waals surface area contributed by atoms with Gasteiger partial charge in [-0.3, -0.25) is 0 Å². The first-order chi connectivity index (χ1) is 8.29. The van der Waals surface area contributed by atoms with Gasteiger partial charge in [0.15, 0.2) is 0 Å². The molecule has 1 rings (SSSR count). The van der Waals surface area contributed by atoms with Gasteiger partial charge in [0.2, 0.25) is 0 Å². The monoisotopic (exact) mass is 257 g/mol. The fraction of sp³-hybridized carbons (Fsp3) is 0.929. The second-order valence-corrected chi connectivity index (χ2v) is 6.40. The van der Waals surface area contributed by atoms with Crippen LogP contribution in [0.1, 0.15) is 47.0 Å². The molecule has 4 nitrogen and oxygen atoms in total. The van der Waals surface area contributed by atoms with Crippen LogP contribution in [0.4, 0.5) is 0 Å². The molecule has 4 heteroatoms. The summed E-state index contributed by atoms with van der Waals surface area (Å²) in [6.45, 7) is 9.56. The first-order valence-corrected chi connectivity index (χ1v) is 6.83. The van der Waals surface area contributed by atoms with Gasteiger partial charge in [0.1, 0.15) is 5.54 Å². The van der Waals surface area contributed by atoms with Gasteiger partial charge in [-0.2, -0.15) is 0 Å². The maximum Gasteiger partial charge on any atom is 0.328 e. The summed E-state index contributed by atoms with van der Waals surface area (Å²) >= 11 is 0. The van der Waals surface area contributed by atoms with Crippen LogP contribution in [-0.2, 0) is 14.3 Å². The van der Waals surface area contributed by atoms with E-state index in [4.69, 9.17) is 15.2 Å². The van der Waals surface area contributed by atoms with Crippen LogP contribution in [0.3, 0.4) is 0 Å². The molecule has 0 aliphatic heterocycles. The Hall–Kier alpha value is -0.610. The molecule has 0 bridgehead atoms. The lowest BCUT2D eigenvalue weighted by atomic mass is 9.92. The molecule has 0 aromatic rings. The van der Waals surface area contributed by atoms with E-state index >= 15 is 0 Å². The average molecular weight is 257 g/mol. The normalized spacial score (nSPS) is 19.4. The Bertz CT molecular complexity index is 281. The third-order valence-corrected chi connectivity index (χ3v) is 3.30. The van der Waals surface area contributed by atoms with Crippen molar-refractivity contribution >= 4 is 5.97 Å². The van der Waals surface area contributed by atoms with E-state index in [1.54, 1.807) is 6.92 Å². The second-order valence-electron chi connectivity index (χ2n) is 6.40. The van der Waals surface area contributed by atoms with Gasteiger partial charge in [0.05, 0.1) is 13.2 Å². The number of hydrogen-bond acceptors (Lipinski definition) is 4. The summed E-state index contributed by atoms with van der Waals surface area (Å²) in [4.78, 5) is 11.9. The number of nitrogens with two attached hydrogens (primary N) is 1. The lowest BCUT2D eigenvalue weighted by Gasteiger charge is -2.27. The highest BCUT2D eigenvalue weighted by Gasteiger charge is 2.49. The zero-order valence-electron chi connectivity index (χ0n) is 12.1. The zero-order valence-corrected chi connectivity index (χ0v) is 12.1. The summed E-state index contributed by atoms with van der Waals surface area (Å²) in [5.74, 6) is -0.0885. The smallest absolute Gasteiger partial charge is 0.328 e.